The van der Waals surface area contributed by atoms with Crippen LogP contribution < -0.4 is 5.43 Å². The summed E-state index contributed by atoms with van der Waals surface area (Å²) >= 11 is 0. The molecule has 1 saturated heterocycles. The monoisotopic (exact) mass is 463 g/mol. The van der Waals surface area contributed by atoms with E-state index in [2.05, 4.69) is 4.98 Å². The third-order valence-electron chi connectivity index (χ3n) is 5.90. The van der Waals surface area contributed by atoms with Crippen molar-refractivity contribution in [2.75, 3.05) is 18.1 Å². The fourth-order valence-electron chi connectivity index (χ4n) is 4.03. The van der Waals surface area contributed by atoms with Crippen molar-refractivity contribution in [3.05, 3.63) is 39.8 Å². The van der Waals surface area contributed by atoms with Gasteiger partial charge in [0.05, 0.1) is 16.9 Å². The lowest BCUT2D eigenvalue weighted by atomic mass is 10.1. The normalized spacial score (nSPS) is 18.4. The largest absolute Gasteiger partial charge is 0.452 e. The van der Waals surface area contributed by atoms with Gasteiger partial charge < -0.3 is 14.2 Å². The molecule has 1 aliphatic heterocycles. The number of nitrogens with zero attached hydrogens (tertiary/aromatic N) is 3. The third kappa shape index (κ3) is 4.85. The Morgan fingerprint density at radius 2 is 2.03 bits per heavy atom. The highest BCUT2D eigenvalue weighted by atomic mass is 32.2. The number of ether oxygens (including phenoxy) is 1. The minimum Gasteiger partial charge on any atom is -0.452 e. The zero-order valence-electron chi connectivity index (χ0n) is 18.8. The zero-order chi connectivity index (χ0) is 23.6. The van der Waals surface area contributed by atoms with E-state index in [1.165, 1.54) is 11.1 Å². The van der Waals surface area contributed by atoms with Crippen LogP contribution in [0.5, 0.6) is 0 Å². The lowest BCUT2D eigenvalue weighted by Crippen LogP contribution is -2.48. The minimum atomic E-state index is -3.18. The van der Waals surface area contributed by atoms with Crippen LogP contribution in [0.3, 0.4) is 0 Å². The van der Waals surface area contributed by atoms with Gasteiger partial charge in [-0.25, -0.2) is 18.2 Å². The summed E-state index contributed by atoms with van der Waals surface area (Å²) in [5.41, 5.74) is 0.557. The third-order valence-corrected chi connectivity index (χ3v) is 7.65. The quantitative estimate of drug-likeness (QED) is 0.574. The van der Waals surface area contributed by atoms with Crippen molar-refractivity contribution in [1.29, 1.82) is 0 Å². The van der Waals surface area contributed by atoms with Crippen molar-refractivity contribution >= 4 is 32.7 Å². The van der Waals surface area contributed by atoms with E-state index >= 15 is 0 Å². The lowest BCUT2D eigenvalue weighted by Gasteiger charge is -2.33. The summed E-state index contributed by atoms with van der Waals surface area (Å²) in [5.74, 6) is -1.41. The molecule has 174 valence electrons. The van der Waals surface area contributed by atoms with Crippen molar-refractivity contribution in [3.8, 4) is 0 Å². The molecule has 1 amide bonds. The molecule has 1 aliphatic rings. The molecule has 9 nitrogen and oxygen atoms in total. The molecule has 0 spiro atoms. The van der Waals surface area contributed by atoms with E-state index < -0.39 is 39.8 Å². The highest BCUT2D eigenvalue weighted by molar-refractivity contribution is 7.91. The molecule has 2 aromatic heterocycles. The van der Waals surface area contributed by atoms with Gasteiger partial charge in [-0.05, 0) is 45.7 Å². The van der Waals surface area contributed by atoms with Gasteiger partial charge in [-0.15, -0.1) is 0 Å². The van der Waals surface area contributed by atoms with Gasteiger partial charge in [0.1, 0.15) is 11.2 Å². The van der Waals surface area contributed by atoms with E-state index in [0.717, 1.165) is 5.69 Å². The van der Waals surface area contributed by atoms with Gasteiger partial charge in [0.2, 0.25) is 5.43 Å². The van der Waals surface area contributed by atoms with Crippen LogP contribution >= 0.6 is 0 Å². The topological polar surface area (TPSA) is 116 Å². The number of hydrogen-bond donors (Lipinski definition) is 0. The number of amides is 1. The molecule has 32 heavy (non-hydrogen) atoms. The Morgan fingerprint density at radius 1 is 1.31 bits per heavy atom. The summed E-state index contributed by atoms with van der Waals surface area (Å²) in [5, 5.41) is 0.302. The number of pyridine rings is 2. The van der Waals surface area contributed by atoms with E-state index in [-0.39, 0.29) is 23.1 Å². The first-order valence-electron chi connectivity index (χ1n) is 10.8. The van der Waals surface area contributed by atoms with E-state index in [0.29, 0.717) is 30.4 Å². The second-order valence-electron chi connectivity index (χ2n) is 8.17. The molecule has 0 saturated carbocycles. The van der Waals surface area contributed by atoms with Crippen LogP contribution in [0.25, 0.3) is 11.0 Å². The molecule has 0 N–H and O–H groups in total. The highest BCUT2D eigenvalue weighted by Crippen LogP contribution is 2.21. The van der Waals surface area contributed by atoms with Crippen molar-refractivity contribution in [3.63, 3.8) is 0 Å². The Hall–Kier alpha value is -2.75. The summed E-state index contributed by atoms with van der Waals surface area (Å²) < 4.78 is 30.7. The molecular weight excluding hydrogens is 434 g/mol. The van der Waals surface area contributed by atoms with Gasteiger partial charge in [0.25, 0.3) is 5.91 Å². The van der Waals surface area contributed by atoms with Crippen LogP contribution in [0.1, 0.15) is 49.7 Å². The highest BCUT2D eigenvalue weighted by Gasteiger charge is 2.36. The van der Waals surface area contributed by atoms with Crippen LogP contribution in [-0.4, -0.2) is 64.9 Å². The first-order valence-corrected chi connectivity index (χ1v) is 12.6. The van der Waals surface area contributed by atoms with Gasteiger partial charge in [-0.1, -0.05) is 6.92 Å². The molecule has 2 atom stereocenters. The maximum atomic E-state index is 12.9. The fourth-order valence-corrected chi connectivity index (χ4v) is 5.74. The van der Waals surface area contributed by atoms with Gasteiger partial charge in [-0.3, -0.25) is 9.59 Å². The number of rotatable bonds is 7. The molecule has 0 aliphatic carbocycles. The zero-order valence-corrected chi connectivity index (χ0v) is 19.6. The first kappa shape index (κ1) is 23.9. The van der Waals surface area contributed by atoms with Crippen LogP contribution in [0, 0.1) is 6.92 Å². The summed E-state index contributed by atoms with van der Waals surface area (Å²) in [6.45, 7) is 7.35. The van der Waals surface area contributed by atoms with Crippen molar-refractivity contribution < 1.29 is 22.7 Å². The summed E-state index contributed by atoms with van der Waals surface area (Å²) in [7, 11) is -3.18. The SMILES string of the molecule is CC[C@@H](C)N(C(=O)COC(=O)c1cn(CC)c2nc(C)ccc2c1=O)[C@H]1CCS(=O)(=O)C1. The standard InChI is InChI=1S/C22H29N3O6S/c1-5-15(4)25(16-9-10-32(29,30)13-16)19(26)12-31-22(28)18-11-24(6-2)21-17(20(18)27)8-7-14(3)23-21/h7-8,11,15-16H,5-6,9-10,12-13H2,1-4H3/t15-,16+/m1/s1. The Morgan fingerprint density at radius 3 is 2.62 bits per heavy atom. The molecular formula is C22H29N3O6S. The number of sulfone groups is 1. The lowest BCUT2D eigenvalue weighted by molar-refractivity contribution is -0.138. The van der Waals surface area contributed by atoms with Gasteiger partial charge >= 0.3 is 5.97 Å². The predicted octanol–water partition coefficient (Wildman–Crippen LogP) is 1.70. The first-order chi connectivity index (χ1) is 15.1. The second-order valence-corrected chi connectivity index (χ2v) is 10.4. The molecule has 0 aromatic carbocycles. The Bertz CT molecular complexity index is 1200. The summed E-state index contributed by atoms with van der Waals surface area (Å²) in [4.78, 5) is 44.4. The maximum Gasteiger partial charge on any atom is 0.344 e. The van der Waals surface area contributed by atoms with Crippen LogP contribution in [0.4, 0.5) is 0 Å². The van der Waals surface area contributed by atoms with Gasteiger partial charge in [-0.2, -0.15) is 0 Å². The molecule has 0 bridgehead atoms. The van der Waals surface area contributed by atoms with Crippen LogP contribution in [0.2, 0.25) is 0 Å². The van der Waals surface area contributed by atoms with E-state index in [1.807, 2.05) is 27.7 Å². The van der Waals surface area contributed by atoms with E-state index in [4.69, 9.17) is 4.74 Å². The molecule has 0 radical (unpaired) electrons. The van der Waals surface area contributed by atoms with Crippen LogP contribution in [0.15, 0.2) is 23.1 Å². The van der Waals surface area contributed by atoms with Crippen LogP contribution in [-0.2, 0) is 25.9 Å². The smallest absolute Gasteiger partial charge is 0.344 e. The van der Waals surface area contributed by atoms with Crippen molar-refractivity contribution in [2.45, 2.75) is 59.2 Å². The molecule has 3 heterocycles. The van der Waals surface area contributed by atoms with E-state index in [9.17, 15) is 22.8 Å². The van der Waals surface area contributed by atoms with E-state index in [1.54, 1.807) is 16.7 Å². The molecule has 2 aromatic rings. The Labute approximate surface area is 187 Å². The number of carbonyl (C=O) groups excluding carboxylic acids is 2. The van der Waals surface area contributed by atoms with Gasteiger partial charge in [0, 0.05) is 30.5 Å². The molecule has 3 rings (SSSR count). The predicted molar refractivity (Wildman–Crippen MR) is 120 cm³/mol. The second kappa shape index (κ2) is 9.40. The average Bonchev–Trinajstić information content (AvgIpc) is 3.11. The number of fused-ring (bicyclic) bond motifs is 1. The summed E-state index contributed by atoms with van der Waals surface area (Å²) in [6, 6.07) is 2.68. The minimum absolute atomic E-state index is 0.0405. The summed E-state index contributed by atoms with van der Waals surface area (Å²) in [6.07, 6.45) is 2.40. The fraction of sp³-hybridized carbons (Fsp3) is 0.545. The Kier molecular flexibility index (Phi) is 7.02. The van der Waals surface area contributed by atoms with Gasteiger partial charge in [0.15, 0.2) is 16.4 Å². The molecule has 10 heteroatoms. The number of hydrogen-bond acceptors (Lipinski definition) is 7. The molecule has 0 unspecified atom stereocenters. The molecule has 1 fully saturated rings. The number of carbonyl (C=O) groups is 2. The van der Waals surface area contributed by atoms with Crippen molar-refractivity contribution in [2.24, 2.45) is 0 Å². The van der Waals surface area contributed by atoms with Crippen molar-refractivity contribution in [1.82, 2.24) is 14.5 Å². The Balaban J connectivity index is 1.82. The number of esters is 1. The maximum absolute atomic E-state index is 12.9. The number of aryl methyl sites for hydroxylation is 2. The average molecular weight is 464 g/mol. The number of aromatic nitrogens is 2.